The number of anilines is 1. The molecule has 0 aliphatic rings. The van der Waals surface area contributed by atoms with Crippen molar-refractivity contribution in [1.82, 2.24) is 9.97 Å². The maximum atomic E-state index is 5.18. The van der Waals surface area contributed by atoms with Crippen LogP contribution in [0.2, 0.25) is 0 Å². The summed E-state index contributed by atoms with van der Waals surface area (Å²) in [5.41, 5.74) is 1.88. The molecule has 1 heterocycles. The highest BCUT2D eigenvalue weighted by Crippen LogP contribution is 2.26. The molecule has 0 unspecified atom stereocenters. The van der Waals surface area contributed by atoms with Crippen LogP contribution in [0.4, 0.5) is 5.82 Å². The molecular formula is C16H21N3O. The zero-order valence-corrected chi connectivity index (χ0v) is 12.7. The topological polar surface area (TPSA) is 47.0 Å². The molecule has 106 valence electrons. The van der Waals surface area contributed by atoms with Crippen LogP contribution in [-0.4, -0.2) is 24.1 Å². The SMILES string of the molecule is CNc1cc(-c2ccc(OC)cc2)nc(C(C)(C)C)n1. The summed E-state index contributed by atoms with van der Waals surface area (Å²) >= 11 is 0. The summed E-state index contributed by atoms with van der Waals surface area (Å²) in [6, 6.07) is 9.84. The first-order valence-electron chi connectivity index (χ1n) is 6.66. The molecule has 0 radical (unpaired) electrons. The summed E-state index contributed by atoms with van der Waals surface area (Å²) in [5, 5.41) is 3.10. The minimum atomic E-state index is -0.0892. The summed E-state index contributed by atoms with van der Waals surface area (Å²) in [6.07, 6.45) is 0. The average Bonchev–Trinajstić information content (AvgIpc) is 2.46. The fourth-order valence-electron chi connectivity index (χ4n) is 1.82. The molecule has 0 saturated carbocycles. The van der Waals surface area contributed by atoms with E-state index in [1.807, 2.05) is 37.4 Å². The molecule has 2 rings (SSSR count). The molecule has 4 heteroatoms. The number of ether oxygens (including phenoxy) is 1. The zero-order chi connectivity index (χ0) is 14.8. The Kier molecular flexibility index (Phi) is 3.93. The van der Waals surface area contributed by atoms with Crippen molar-refractivity contribution >= 4 is 5.82 Å². The van der Waals surface area contributed by atoms with Crippen molar-refractivity contribution < 1.29 is 4.74 Å². The normalized spacial score (nSPS) is 11.2. The van der Waals surface area contributed by atoms with Gasteiger partial charge in [-0.25, -0.2) is 9.97 Å². The van der Waals surface area contributed by atoms with Gasteiger partial charge in [0.25, 0.3) is 0 Å². The van der Waals surface area contributed by atoms with Gasteiger partial charge in [0.15, 0.2) is 0 Å². The fraction of sp³-hybridized carbons (Fsp3) is 0.375. The van der Waals surface area contributed by atoms with Crippen LogP contribution in [-0.2, 0) is 5.41 Å². The standard InChI is InChI=1S/C16H21N3O/c1-16(2,3)15-18-13(10-14(17-4)19-15)11-6-8-12(20-5)9-7-11/h6-10H,1-5H3,(H,17,18,19). The predicted octanol–water partition coefficient (Wildman–Crippen LogP) is 3.49. The Bertz CT molecular complexity index is 586. The van der Waals surface area contributed by atoms with Gasteiger partial charge in [0, 0.05) is 24.1 Å². The summed E-state index contributed by atoms with van der Waals surface area (Å²) in [6.45, 7) is 6.33. The van der Waals surface area contributed by atoms with E-state index in [0.717, 1.165) is 28.6 Å². The highest BCUT2D eigenvalue weighted by Gasteiger charge is 2.19. The highest BCUT2D eigenvalue weighted by atomic mass is 16.5. The number of aromatic nitrogens is 2. The lowest BCUT2D eigenvalue weighted by molar-refractivity contribution is 0.415. The van der Waals surface area contributed by atoms with Crippen molar-refractivity contribution in [2.45, 2.75) is 26.2 Å². The number of nitrogens with zero attached hydrogens (tertiary/aromatic N) is 2. The first kappa shape index (κ1) is 14.3. The van der Waals surface area contributed by atoms with Crippen molar-refractivity contribution in [3.63, 3.8) is 0 Å². The molecule has 0 spiro atoms. The molecular weight excluding hydrogens is 250 g/mol. The van der Waals surface area contributed by atoms with Crippen LogP contribution < -0.4 is 10.1 Å². The minimum absolute atomic E-state index is 0.0892. The molecule has 0 atom stereocenters. The second kappa shape index (κ2) is 5.49. The lowest BCUT2D eigenvalue weighted by atomic mass is 9.95. The number of hydrogen-bond acceptors (Lipinski definition) is 4. The number of benzene rings is 1. The summed E-state index contributed by atoms with van der Waals surface area (Å²) < 4.78 is 5.18. The summed E-state index contributed by atoms with van der Waals surface area (Å²) in [4.78, 5) is 9.22. The lowest BCUT2D eigenvalue weighted by Crippen LogP contribution is -2.17. The lowest BCUT2D eigenvalue weighted by Gasteiger charge is -2.18. The smallest absolute Gasteiger partial charge is 0.136 e. The minimum Gasteiger partial charge on any atom is -0.497 e. The molecule has 0 aliphatic carbocycles. The van der Waals surface area contributed by atoms with Crippen LogP contribution in [0.1, 0.15) is 26.6 Å². The predicted molar refractivity (Wildman–Crippen MR) is 82.3 cm³/mol. The van der Waals surface area contributed by atoms with Gasteiger partial charge >= 0.3 is 0 Å². The van der Waals surface area contributed by atoms with Gasteiger partial charge in [-0.05, 0) is 24.3 Å². The fourth-order valence-corrected chi connectivity index (χ4v) is 1.82. The van der Waals surface area contributed by atoms with Crippen molar-refractivity contribution in [2.75, 3.05) is 19.5 Å². The quantitative estimate of drug-likeness (QED) is 0.928. The molecule has 0 aliphatic heterocycles. The van der Waals surface area contributed by atoms with E-state index in [1.165, 1.54) is 0 Å². The van der Waals surface area contributed by atoms with E-state index < -0.39 is 0 Å². The van der Waals surface area contributed by atoms with Gasteiger partial charge in [-0.15, -0.1) is 0 Å². The monoisotopic (exact) mass is 271 g/mol. The third-order valence-electron chi connectivity index (χ3n) is 3.04. The van der Waals surface area contributed by atoms with E-state index in [-0.39, 0.29) is 5.41 Å². The van der Waals surface area contributed by atoms with Gasteiger partial charge in [0.2, 0.25) is 0 Å². The van der Waals surface area contributed by atoms with Gasteiger partial charge in [0.1, 0.15) is 17.4 Å². The Morgan fingerprint density at radius 2 is 1.70 bits per heavy atom. The second-order valence-corrected chi connectivity index (χ2v) is 5.69. The molecule has 2 aromatic rings. The number of rotatable bonds is 3. The third-order valence-corrected chi connectivity index (χ3v) is 3.04. The Morgan fingerprint density at radius 1 is 1.05 bits per heavy atom. The summed E-state index contributed by atoms with van der Waals surface area (Å²) in [7, 11) is 3.53. The van der Waals surface area contributed by atoms with Crippen LogP contribution in [0.5, 0.6) is 5.75 Å². The molecule has 1 aromatic heterocycles. The van der Waals surface area contributed by atoms with Gasteiger partial charge < -0.3 is 10.1 Å². The van der Waals surface area contributed by atoms with Crippen LogP contribution in [0.3, 0.4) is 0 Å². The molecule has 1 aromatic carbocycles. The Labute approximate surface area is 120 Å². The van der Waals surface area contributed by atoms with Crippen molar-refractivity contribution in [3.05, 3.63) is 36.2 Å². The third kappa shape index (κ3) is 3.07. The Hall–Kier alpha value is -2.10. The maximum absolute atomic E-state index is 5.18. The number of hydrogen-bond donors (Lipinski definition) is 1. The first-order chi connectivity index (χ1) is 9.44. The second-order valence-electron chi connectivity index (χ2n) is 5.69. The molecule has 0 amide bonds. The van der Waals surface area contributed by atoms with E-state index in [9.17, 15) is 0 Å². The number of methoxy groups -OCH3 is 1. The van der Waals surface area contributed by atoms with Gasteiger partial charge in [-0.2, -0.15) is 0 Å². The average molecular weight is 271 g/mol. The summed E-state index contributed by atoms with van der Waals surface area (Å²) in [5.74, 6) is 2.50. The van der Waals surface area contributed by atoms with Gasteiger partial charge in [-0.3, -0.25) is 0 Å². The van der Waals surface area contributed by atoms with E-state index in [0.29, 0.717) is 0 Å². The largest absolute Gasteiger partial charge is 0.497 e. The van der Waals surface area contributed by atoms with Gasteiger partial charge in [-0.1, -0.05) is 20.8 Å². The highest BCUT2D eigenvalue weighted by molar-refractivity contribution is 5.63. The van der Waals surface area contributed by atoms with E-state index in [1.54, 1.807) is 7.11 Å². The molecule has 20 heavy (non-hydrogen) atoms. The zero-order valence-electron chi connectivity index (χ0n) is 12.7. The van der Waals surface area contributed by atoms with E-state index >= 15 is 0 Å². The Morgan fingerprint density at radius 3 is 2.20 bits per heavy atom. The molecule has 0 bridgehead atoms. The van der Waals surface area contributed by atoms with Crippen LogP contribution >= 0.6 is 0 Å². The van der Waals surface area contributed by atoms with E-state index in [2.05, 4.69) is 36.1 Å². The molecule has 0 saturated heterocycles. The first-order valence-corrected chi connectivity index (χ1v) is 6.66. The van der Waals surface area contributed by atoms with Crippen molar-refractivity contribution in [3.8, 4) is 17.0 Å². The number of nitrogens with one attached hydrogen (secondary N) is 1. The van der Waals surface area contributed by atoms with Crippen LogP contribution in [0.25, 0.3) is 11.3 Å². The molecule has 4 nitrogen and oxygen atoms in total. The van der Waals surface area contributed by atoms with E-state index in [4.69, 9.17) is 4.74 Å². The molecule has 0 fully saturated rings. The van der Waals surface area contributed by atoms with Crippen LogP contribution in [0, 0.1) is 0 Å². The Balaban J connectivity index is 2.49. The van der Waals surface area contributed by atoms with Crippen molar-refractivity contribution in [1.29, 1.82) is 0 Å². The van der Waals surface area contributed by atoms with Gasteiger partial charge in [0.05, 0.1) is 12.8 Å². The maximum Gasteiger partial charge on any atom is 0.136 e. The van der Waals surface area contributed by atoms with Crippen LogP contribution in [0.15, 0.2) is 30.3 Å². The van der Waals surface area contributed by atoms with Crippen molar-refractivity contribution in [2.24, 2.45) is 0 Å². The molecule has 1 N–H and O–H groups in total.